The van der Waals surface area contributed by atoms with Crippen LogP contribution in [0, 0.1) is 0 Å². The molecule has 2 heterocycles. The first-order chi connectivity index (χ1) is 10.4. The summed E-state index contributed by atoms with van der Waals surface area (Å²) in [5.74, 6) is -0.484. The summed E-state index contributed by atoms with van der Waals surface area (Å²) in [4.78, 5) is 18.3. The lowest BCUT2D eigenvalue weighted by Crippen LogP contribution is -2.37. The van der Waals surface area contributed by atoms with Crippen molar-refractivity contribution in [3.63, 3.8) is 0 Å². The van der Waals surface area contributed by atoms with Crippen molar-refractivity contribution in [1.82, 2.24) is 15.2 Å². The molecule has 120 valence electrons. The summed E-state index contributed by atoms with van der Waals surface area (Å²) in [6.45, 7) is 1.71. The van der Waals surface area contributed by atoms with Crippen molar-refractivity contribution in [2.24, 2.45) is 0 Å². The predicted molar refractivity (Wildman–Crippen MR) is 76.6 cm³/mol. The normalized spacial score (nSPS) is 22.8. The third kappa shape index (κ3) is 3.92. The molecule has 1 atom stereocenters. The van der Waals surface area contributed by atoms with Gasteiger partial charge in [-0.25, -0.2) is 4.98 Å². The molecule has 0 unspecified atom stereocenters. The summed E-state index contributed by atoms with van der Waals surface area (Å²) in [6, 6.07) is 3.48. The van der Waals surface area contributed by atoms with Gasteiger partial charge in [-0.3, -0.25) is 9.69 Å². The number of carbonyl (C=O) groups excluding carboxylic acids is 1. The Balaban J connectivity index is 1.64. The number of alkyl halides is 3. The van der Waals surface area contributed by atoms with E-state index in [4.69, 9.17) is 0 Å². The molecule has 1 aromatic rings. The number of hydrogen-bond donors (Lipinski definition) is 1. The molecule has 2 fully saturated rings. The fourth-order valence-electron chi connectivity index (χ4n) is 2.69. The Morgan fingerprint density at radius 2 is 2.14 bits per heavy atom. The number of likely N-dealkylation sites (tertiary alicyclic amines) is 1. The molecule has 0 bridgehead atoms. The van der Waals surface area contributed by atoms with E-state index in [0.29, 0.717) is 6.04 Å². The van der Waals surface area contributed by atoms with E-state index in [1.165, 1.54) is 31.2 Å². The van der Waals surface area contributed by atoms with Crippen LogP contribution in [0.4, 0.5) is 13.2 Å². The lowest BCUT2D eigenvalue weighted by Gasteiger charge is -2.16. The first kappa shape index (κ1) is 15.6. The maximum absolute atomic E-state index is 12.5. The van der Waals surface area contributed by atoms with Gasteiger partial charge in [-0.1, -0.05) is 0 Å². The third-order valence-electron chi connectivity index (χ3n) is 3.85. The molecule has 1 saturated carbocycles. The van der Waals surface area contributed by atoms with E-state index < -0.39 is 11.4 Å². The van der Waals surface area contributed by atoms with E-state index in [9.17, 15) is 18.0 Å². The number of nitrogens with zero attached hydrogens (tertiary/aromatic N) is 2. The maximum atomic E-state index is 12.5. The van der Waals surface area contributed by atoms with Crippen molar-refractivity contribution in [2.45, 2.75) is 41.9 Å². The zero-order chi connectivity index (χ0) is 15.7. The van der Waals surface area contributed by atoms with Gasteiger partial charge in [0, 0.05) is 43.1 Å². The van der Waals surface area contributed by atoms with Crippen molar-refractivity contribution >= 4 is 17.7 Å². The molecule has 3 rings (SSSR count). The maximum Gasteiger partial charge on any atom is 0.447 e. The Labute approximate surface area is 130 Å². The molecule has 1 aliphatic heterocycles. The minimum Gasteiger partial charge on any atom is -0.348 e. The highest BCUT2D eigenvalue weighted by atomic mass is 32.2. The number of amides is 1. The van der Waals surface area contributed by atoms with Crippen LogP contribution in [0.15, 0.2) is 23.4 Å². The molecule has 0 radical (unpaired) electrons. The Kier molecular flexibility index (Phi) is 4.31. The van der Waals surface area contributed by atoms with Gasteiger partial charge in [-0.2, -0.15) is 13.2 Å². The van der Waals surface area contributed by atoms with Gasteiger partial charge in [-0.15, -0.1) is 0 Å². The fraction of sp³-hybridized carbons (Fsp3) is 0.571. The lowest BCUT2D eigenvalue weighted by molar-refractivity contribution is -0.0329. The van der Waals surface area contributed by atoms with Gasteiger partial charge in [0.25, 0.3) is 5.91 Å². The second kappa shape index (κ2) is 6.08. The van der Waals surface area contributed by atoms with Crippen molar-refractivity contribution in [3.05, 3.63) is 23.9 Å². The summed E-state index contributed by atoms with van der Waals surface area (Å²) in [5, 5.41) is 2.53. The SMILES string of the molecule is O=C(N[C@H]1CCN(C2CC2)C1)c1cccnc1SC(F)(F)F. The molecule has 1 N–H and O–H groups in total. The summed E-state index contributed by atoms with van der Waals surface area (Å²) in [5.41, 5.74) is -4.48. The van der Waals surface area contributed by atoms with Crippen LogP contribution in [0.5, 0.6) is 0 Å². The Hall–Kier alpha value is -1.28. The molecule has 4 nitrogen and oxygen atoms in total. The zero-order valence-corrected chi connectivity index (χ0v) is 12.6. The number of carbonyl (C=O) groups is 1. The smallest absolute Gasteiger partial charge is 0.348 e. The number of nitrogens with one attached hydrogen (secondary N) is 1. The zero-order valence-electron chi connectivity index (χ0n) is 11.8. The Bertz CT molecular complexity index is 563. The Morgan fingerprint density at radius 1 is 1.36 bits per heavy atom. The lowest BCUT2D eigenvalue weighted by atomic mass is 10.2. The number of pyridine rings is 1. The monoisotopic (exact) mass is 331 g/mol. The molecule has 0 aromatic carbocycles. The van der Waals surface area contributed by atoms with Gasteiger partial charge >= 0.3 is 5.51 Å². The number of aromatic nitrogens is 1. The minimum atomic E-state index is -4.46. The number of rotatable bonds is 4. The molecule has 1 aromatic heterocycles. The van der Waals surface area contributed by atoms with Crippen LogP contribution in [0.3, 0.4) is 0 Å². The molecule has 0 spiro atoms. The van der Waals surface area contributed by atoms with Crippen molar-refractivity contribution in [1.29, 1.82) is 0 Å². The molecule has 1 saturated heterocycles. The van der Waals surface area contributed by atoms with Crippen LogP contribution < -0.4 is 5.32 Å². The quantitative estimate of drug-likeness (QED) is 0.862. The van der Waals surface area contributed by atoms with Crippen LogP contribution in [-0.4, -0.2) is 46.5 Å². The van der Waals surface area contributed by atoms with Gasteiger partial charge in [-0.05, 0) is 31.4 Å². The van der Waals surface area contributed by atoms with Crippen LogP contribution >= 0.6 is 11.8 Å². The largest absolute Gasteiger partial charge is 0.447 e. The molecule has 2 aliphatic rings. The molecule has 22 heavy (non-hydrogen) atoms. The van der Waals surface area contributed by atoms with Gasteiger partial charge < -0.3 is 5.32 Å². The van der Waals surface area contributed by atoms with E-state index >= 15 is 0 Å². The van der Waals surface area contributed by atoms with Crippen molar-refractivity contribution in [3.8, 4) is 0 Å². The number of halogens is 3. The average Bonchev–Trinajstić information content (AvgIpc) is 3.18. The highest BCUT2D eigenvalue weighted by molar-refractivity contribution is 8.00. The second-order valence-electron chi connectivity index (χ2n) is 5.59. The van der Waals surface area contributed by atoms with E-state index in [2.05, 4.69) is 15.2 Å². The van der Waals surface area contributed by atoms with Crippen LogP contribution in [0.25, 0.3) is 0 Å². The number of thioether (sulfide) groups is 1. The van der Waals surface area contributed by atoms with E-state index in [1.807, 2.05) is 0 Å². The summed E-state index contributed by atoms with van der Waals surface area (Å²) >= 11 is -0.353. The summed E-state index contributed by atoms with van der Waals surface area (Å²) in [6.07, 6.45) is 4.50. The van der Waals surface area contributed by atoms with Crippen molar-refractivity contribution < 1.29 is 18.0 Å². The minimum absolute atomic E-state index is 0.00274. The first-order valence-electron chi connectivity index (χ1n) is 7.18. The standard InChI is InChI=1S/C14H16F3N3OS/c15-14(16,17)22-13-11(2-1-6-18-13)12(21)19-9-5-7-20(8-9)10-3-4-10/h1-2,6,9-10H,3-5,7-8H2,(H,19,21)/t9-/m0/s1. The van der Waals surface area contributed by atoms with Gasteiger partial charge in [0.15, 0.2) is 0 Å². The molecular formula is C14H16F3N3OS. The molecule has 1 aliphatic carbocycles. The van der Waals surface area contributed by atoms with Crippen molar-refractivity contribution in [2.75, 3.05) is 13.1 Å². The highest BCUT2D eigenvalue weighted by Gasteiger charge is 2.36. The van der Waals surface area contributed by atoms with E-state index in [-0.39, 0.29) is 28.4 Å². The predicted octanol–water partition coefficient (Wildman–Crippen LogP) is 2.66. The first-order valence-corrected chi connectivity index (χ1v) is 8.00. The second-order valence-corrected chi connectivity index (χ2v) is 6.64. The number of hydrogen-bond acceptors (Lipinski definition) is 4. The summed E-state index contributed by atoms with van der Waals surface area (Å²) in [7, 11) is 0. The van der Waals surface area contributed by atoms with Crippen LogP contribution in [0.1, 0.15) is 29.6 Å². The average molecular weight is 331 g/mol. The topological polar surface area (TPSA) is 45.2 Å². The van der Waals surface area contributed by atoms with Gasteiger partial charge in [0.1, 0.15) is 5.03 Å². The fourth-order valence-corrected chi connectivity index (χ4v) is 3.30. The van der Waals surface area contributed by atoms with Crippen LogP contribution in [0.2, 0.25) is 0 Å². The highest BCUT2D eigenvalue weighted by Crippen LogP contribution is 2.37. The van der Waals surface area contributed by atoms with Gasteiger partial charge in [0.05, 0.1) is 5.56 Å². The van der Waals surface area contributed by atoms with Gasteiger partial charge in [0.2, 0.25) is 0 Å². The Morgan fingerprint density at radius 3 is 2.82 bits per heavy atom. The molecular weight excluding hydrogens is 315 g/mol. The van der Waals surface area contributed by atoms with E-state index in [1.54, 1.807) is 0 Å². The molecule has 8 heteroatoms. The third-order valence-corrected chi connectivity index (χ3v) is 4.60. The van der Waals surface area contributed by atoms with E-state index in [0.717, 1.165) is 19.5 Å². The molecule has 1 amide bonds. The summed E-state index contributed by atoms with van der Waals surface area (Å²) < 4.78 is 37.6. The van der Waals surface area contributed by atoms with Crippen LogP contribution in [-0.2, 0) is 0 Å².